The molecule has 0 aliphatic rings. The van der Waals surface area contributed by atoms with Crippen molar-refractivity contribution in [1.29, 1.82) is 0 Å². The lowest BCUT2D eigenvalue weighted by Crippen LogP contribution is -2.26. The van der Waals surface area contributed by atoms with E-state index >= 15 is 0 Å². The molecule has 0 aliphatic carbocycles. The highest BCUT2D eigenvalue weighted by molar-refractivity contribution is 5.78. The van der Waals surface area contributed by atoms with Crippen LogP contribution in [0.5, 0.6) is 0 Å². The fraction of sp³-hybridized carbons (Fsp3) is 0.200. The molecule has 0 N–H and O–H groups in total. The number of benzene rings is 2. The average Bonchev–Trinajstić information content (AvgIpc) is 2.60. The van der Waals surface area contributed by atoms with E-state index in [2.05, 4.69) is 89.2 Å². The molecule has 1 heteroatoms. The first kappa shape index (κ1) is 19.5. The molecule has 0 aliphatic heterocycles. The molecule has 0 saturated heterocycles. The van der Waals surface area contributed by atoms with E-state index < -0.39 is 0 Å². The van der Waals surface area contributed by atoms with Crippen LogP contribution in [-0.4, -0.2) is 7.05 Å². The molecule has 134 valence electrons. The van der Waals surface area contributed by atoms with Crippen LogP contribution in [0.2, 0.25) is 0 Å². The van der Waals surface area contributed by atoms with Gasteiger partial charge in [-0.3, -0.25) is 0 Å². The quantitative estimate of drug-likeness (QED) is 0.681. The Labute approximate surface area is 158 Å². The minimum atomic E-state index is 1.03. The highest BCUT2D eigenvalue weighted by atomic mass is 15.1. The van der Waals surface area contributed by atoms with E-state index in [1.807, 2.05) is 24.3 Å². The van der Waals surface area contributed by atoms with E-state index in [1.54, 1.807) is 0 Å². The molecule has 0 aromatic heterocycles. The SMILES string of the molecule is C=C/C=C\c1c(C)ccc(C)c1N(C)C(/C=c1/ccccc1=C)=C(C)C. The molecular formula is C25H29N. The van der Waals surface area contributed by atoms with Crippen LogP contribution in [0.3, 0.4) is 0 Å². The number of allylic oxidation sites excluding steroid dienone is 4. The highest BCUT2D eigenvalue weighted by Gasteiger charge is 2.14. The van der Waals surface area contributed by atoms with Crippen molar-refractivity contribution in [2.24, 2.45) is 0 Å². The predicted octanol–water partition coefficient (Wildman–Crippen LogP) is 5.12. The summed E-state index contributed by atoms with van der Waals surface area (Å²) in [6, 6.07) is 12.6. The molecule has 0 unspecified atom stereocenters. The lowest BCUT2D eigenvalue weighted by molar-refractivity contribution is 1.09. The van der Waals surface area contributed by atoms with Crippen molar-refractivity contribution in [3.8, 4) is 0 Å². The molecule has 2 rings (SSSR count). The van der Waals surface area contributed by atoms with Crippen molar-refractivity contribution in [3.05, 3.63) is 93.5 Å². The third-order valence-corrected chi connectivity index (χ3v) is 4.59. The van der Waals surface area contributed by atoms with E-state index in [-0.39, 0.29) is 0 Å². The van der Waals surface area contributed by atoms with Crippen molar-refractivity contribution in [1.82, 2.24) is 0 Å². The Morgan fingerprint density at radius 2 is 1.65 bits per heavy atom. The minimum absolute atomic E-state index is 1.03. The van der Waals surface area contributed by atoms with Gasteiger partial charge in [0.2, 0.25) is 0 Å². The second-order valence-electron chi connectivity index (χ2n) is 6.84. The van der Waals surface area contributed by atoms with Crippen molar-refractivity contribution < 1.29 is 0 Å². The van der Waals surface area contributed by atoms with Crippen molar-refractivity contribution in [3.63, 3.8) is 0 Å². The third-order valence-electron chi connectivity index (χ3n) is 4.59. The molecule has 2 aromatic rings. The number of aryl methyl sites for hydroxylation is 2. The number of anilines is 1. The predicted molar refractivity (Wildman–Crippen MR) is 118 cm³/mol. The van der Waals surface area contributed by atoms with Crippen LogP contribution < -0.4 is 15.3 Å². The molecule has 2 aromatic carbocycles. The molecule has 0 spiro atoms. The maximum atomic E-state index is 4.16. The molecule has 0 heterocycles. The molecule has 1 nitrogen and oxygen atoms in total. The summed E-state index contributed by atoms with van der Waals surface area (Å²) in [5.74, 6) is 0. The number of hydrogen-bond donors (Lipinski definition) is 0. The Morgan fingerprint density at radius 3 is 2.27 bits per heavy atom. The first-order chi connectivity index (χ1) is 12.4. The lowest BCUT2D eigenvalue weighted by Gasteiger charge is -2.27. The first-order valence-corrected chi connectivity index (χ1v) is 8.93. The van der Waals surface area contributed by atoms with E-state index in [1.165, 1.54) is 33.6 Å². The number of rotatable bonds is 5. The van der Waals surface area contributed by atoms with Gasteiger partial charge in [0.25, 0.3) is 0 Å². The summed E-state index contributed by atoms with van der Waals surface area (Å²) in [5, 5.41) is 2.18. The molecule has 0 radical (unpaired) electrons. The van der Waals surface area contributed by atoms with Crippen LogP contribution in [0.4, 0.5) is 5.69 Å². The standard InChI is InChI=1S/C25H29N/c1-8-9-14-23-20(5)15-16-21(6)25(23)26(7)24(18(2)3)17-22-13-11-10-12-19(22)4/h8-17H,1,4H2,2-3,5-7H3/b14-9-,22-17-. The Bertz CT molecular complexity index is 970. The van der Waals surface area contributed by atoms with Gasteiger partial charge in [0.05, 0.1) is 5.69 Å². The van der Waals surface area contributed by atoms with Crippen molar-refractivity contribution >= 4 is 24.4 Å². The van der Waals surface area contributed by atoms with Crippen LogP contribution in [0.15, 0.2) is 66.4 Å². The number of nitrogens with zero attached hydrogens (tertiary/aromatic N) is 1. The fourth-order valence-electron chi connectivity index (χ4n) is 3.16. The van der Waals surface area contributed by atoms with E-state index in [0.717, 1.165) is 10.4 Å². The summed E-state index contributed by atoms with van der Waals surface area (Å²) in [6.07, 6.45) is 8.17. The molecule has 0 saturated carbocycles. The normalized spacial score (nSPS) is 11.7. The van der Waals surface area contributed by atoms with E-state index in [0.29, 0.717) is 0 Å². The van der Waals surface area contributed by atoms with Gasteiger partial charge in [0.15, 0.2) is 0 Å². The average molecular weight is 344 g/mol. The van der Waals surface area contributed by atoms with Gasteiger partial charge in [-0.15, -0.1) is 0 Å². The molecule has 26 heavy (non-hydrogen) atoms. The molecular weight excluding hydrogens is 314 g/mol. The van der Waals surface area contributed by atoms with Crippen molar-refractivity contribution in [2.45, 2.75) is 27.7 Å². The van der Waals surface area contributed by atoms with Gasteiger partial charge in [0, 0.05) is 18.3 Å². The van der Waals surface area contributed by atoms with Crippen molar-refractivity contribution in [2.75, 3.05) is 11.9 Å². The second-order valence-corrected chi connectivity index (χ2v) is 6.84. The highest BCUT2D eigenvalue weighted by Crippen LogP contribution is 2.32. The summed E-state index contributed by atoms with van der Waals surface area (Å²) in [4.78, 5) is 2.28. The zero-order valence-corrected chi connectivity index (χ0v) is 16.6. The second kappa shape index (κ2) is 8.53. The van der Waals surface area contributed by atoms with E-state index in [4.69, 9.17) is 0 Å². The smallest absolute Gasteiger partial charge is 0.0514 e. The fourth-order valence-corrected chi connectivity index (χ4v) is 3.16. The molecule has 0 atom stereocenters. The van der Waals surface area contributed by atoms with Gasteiger partial charge >= 0.3 is 0 Å². The van der Waals surface area contributed by atoms with Gasteiger partial charge in [-0.2, -0.15) is 0 Å². The van der Waals surface area contributed by atoms with Gasteiger partial charge in [-0.25, -0.2) is 0 Å². The van der Waals surface area contributed by atoms with Crippen LogP contribution in [0.25, 0.3) is 18.7 Å². The summed E-state index contributed by atoms with van der Waals surface area (Å²) in [5.41, 5.74) is 7.39. The maximum absolute atomic E-state index is 4.16. The Hall–Kier alpha value is -2.80. The maximum Gasteiger partial charge on any atom is 0.0514 e. The minimum Gasteiger partial charge on any atom is -0.344 e. The van der Waals surface area contributed by atoms with Gasteiger partial charge < -0.3 is 4.90 Å². The van der Waals surface area contributed by atoms with Crippen LogP contribution in [0.1, 0.15) is 30.5 Å². The van der Waals surface area contributed by atoms with E-state index in [9.17, 15) is 0 Å². The van der Waals surface area contributed by atoms with Gasteiger partial charge in [-0.1, -0.05) is 73.4 Å². The Morgan fingerprint density at radius 1 is 1.00 bits per heavy atom. The third kappa shape index (κ3) is 4.23. The van der Waals surface area contributed by atoms with Crippen LogP contribution in [-0.2, 0) is 0 Å². The topological polar surface area (TPSA) is 3.24 Å². The summed E-state index contributed by atoms with van der Waals surface area (Å²) in [6.45, 7) is 16.6. The lowest BCUT2D eigenvalue weighted by atomic mass is 9.99. The number of hydrogen-bond acceptors (Lipinski definition) is 1. The zero-order valence-electron chi connectivity index (χ0n) is 16.6. The Balaban J connectivity index is 2.70. The molecule has 0 bridgehead atoms. The van der Waals surface area contributed by atoms with Crippen LogP contribution in [0, 0.1) is 13.8 Å². The van der Waals surface area contributed by atoms with Crippen LogP contribution >= 0.6 is 0 Å². The monoisotopic (exact) mass is 343 g/mol. The summed E-state index contributed by atoms with van der Waals surface area (Å²) < 4.78 is 0. The summed E-state index contributed by atoms with van der Waals surface area (Å²) in [7, 11) is 2.14. The van der Waals surface area contributed by atoms with Gasteiger partial charge in [0.1, 0.15) is 0 Å². The molecule has 0 fully saturated rings. The largest absolute Gasteiger partial charge is 0.344 e. The van der Waals surface area contributed by atoms with Gasteiger partial charge in [-0.05, 0) is 55.3 Å². The first-order valence-electron chi connectivity index (χ1n) is 8.93. The Kier molecular flexibility index (Phi) is 6.41. The molecule has 0 amide bonds. The summed E-state index contributed by atoms with van der Waals surface area (Å²) >= 11 is 0. The zero-order chi connectivity index (χ0) is 19.3.